The number of imide groups is 1. The van der Waals surface area contributed by atoms with Gasteiger partial charge in [0, 0.05) is 16.5 Å². The summed E-state index contributed by atoms with van der Waals surface area (Å²) in [7, 11) is 0. The van der Waals surface area contributed by atoms with Gasteiger partial charge in [-0.2, -0.15) is 0 Å². The second kappa shape index (κ2) is 10.2. The van der Waals surface area contributed by atoms with Crippen LogP contribution < -0.4 is 15.1 Å². The number of hydrogen-bond acceptors (Lipinski definition) is 6. The lowest BCUT2D eigenvalue weighted by atomic mass is 9.83. The number of thioether (sulfide) groups is 1. The zero-order chi connectivity index (χ0) is 28.1. The molecule has 1 saturated heterocycles. The molecule has 6 rings (SSSR count). The van der Waals surface area contributed by atoms with Crippen LogP contribution in [0.5, 0.6) is 0 Å². The summed E-state index contributed by atoms with van der Waals surface area (Å²) in [4.78, 5) is 55.3. The molecule has 3 amide bonds. The molecule has 1 fully saturated rings. The predicted octanol–water partition coefficient (Wildman–Crippen LogP) is 5.10. The topological polar surface area (TPSA) is 88.5 Å². The first-order valence-corrected chi connectivity index (χ1v) is 14.4. The summed E-state index contributed by atoms with van der Waals surface area (Å²) in [6.07, 6.45) is 0. The largest absolute Gasteiger partial charge is 0.324 e. The minimum Gasteiger partial charge on any atom is -0.324 e. The second-order valence-corrected chi connectivity index (χ2v) is 12.1. The maximum absolute atomic E-state index is 13.9. The zero-order valence-electron chi connectivity index (χ0n) is 21.6. The smallest absolute Gasteiger partial charge is 0.308 e. The molecule has 0 bridgehead atoms. The van der Waals surface area contributed by atoms with Crippen molar-refractivity contribution in [2.45, 2.75) is 36.6 Å². The van der Waals surface area contributed by atoms with Crippen LogP contribution in [0, 0.1) is 25.6 Å². The number of nitrogens with zero attached hydrogens (tertiary/aromatic N) is 2. The van der Waals surface area contributed by atoms with Crippen LogP contribution in [0.15, 0.2) is 82.6 Å². The molecule has 202 valence electrons. The fourth-order valence-corrected chi connectivity index (χ4v) is 8.05. The number of nitrogens with one attached hydrogen (secondary N) is 1. The van der Waals surface area contributed by atoms with Crippen LogP contribution in [-0.2, 0) is 20.9 Å². The Morgan fingerprint density at radius 1 is 0.925 bits per heavy atom. The molecule has 7 nitrogen and oxygen atoms in total. The number of halogens is 1. The van der Waals surface area contributed by atoms with Gasteiger partial charge in [0.05, 0.1) is 16.6 Å². The van der Waals surface area contributed by atoms with Crippen LogP contribution >= 0.6 is 23.1 Å². The number of amides is 3. The molecule has 4 aromatic rings. The molecular weight excluding hydrogens is 549 g/mol. The lowest BCUT2D eigenvalue weighted by molar-refractivity contribution is -0.122. The third-order valence-corrected chi connectivity index (χ3v) is 9.90. The Morgan fingerprint density at radius 2 is 1.62 bits per heavy atom. The summed E-state index contributed by atoms with van der Waals surface area (Å²) in [6, 6.07) is 20.3. The molecule has 2 unspecified atom stereocenters. The van der Waals surface area contributed by atoms with E-state index in [1.807, 2.05) is 44.2 Å². The number of anilines is 2. The summed E-state index contributed by atoms with van der Waals surface area (Å²) in [5, 5.41) is 2.53. The van der Waals surface area contributed by atoms with Gasteiger partial charge in [0.2, 0.25) is 17.7 Å². The maximum atomic E-state index is 13.9. The SMILES string of the molecule is Cc1ccc(N2C(=O)C3Sc4c(sc(=O)n4CC(=O)Nc4ccccc4C)[C@H](c4ccc(F)cc4)C3C2=O)cc1. The number of carbonyl (C=O) groups excluding carboxylic acids is 3. The fourth-order valence-electron chi connectivity index (χ4n) is 5.28. The predicted molar refractivity (Wildman–Crippen MR) is 153 cm³/mol. The van der Waals surface area contributed by atoms with E-state index in [9.17, 15) is 23.6 Å². The van der Waals surface area contributed by atoms with Crippen LogP contribution in [0.4, 0.5) is 15.8 Å². The molecular formula is C30H24FN3O4S2. The van der Waals surface area contributed by atoms with Gasteiger partial charge >= 0.3 is 4.87 Å². The van der Waals surface area contributed by atoms with Gasteiger partial charge in [0.15, 0.2) is 0 Å². The number of aryl methyl sites for hydroxylation is 2. The molecule has 1 N–H and O–H groups in total. The Kier molecular flexibility index (Phi) is 6.67. The highest BCUT2D eigenvalue weighted by Gasteiger charge is 2.56. The lowest BCUT2D eigenvalue weighted by Gasteiger charge is -2.30. The van der Waals surface area contributed by atoms with E-state index in [0.29, 0.717) is 26.8 Å². The Bertz CT molecular complexity index is 1710. The van der Waals surface area contributed by atoms with Gasteiger partial charge < -0.3 is 5.32 Å². The first-order chi connectivity index (χ1) is 19.2. The fraction of sp³-hybridized carbons (Fsp3) is 0.200. The average Bonchev–Trinajstić information content (AvgIpc) is 3.37. The normalized spacial score (nSPS) is 19.9. The molecule has 40 heavy (non-hydrogen) atoms. The lowest BCUT2D eigenvalue weighted by Crippen LogP contribution is -2.33. The van der Waals surface area contributed by atoms with E-state index < -0.39 is 22.9 Å². The van der Waals surface area contributed by atoms with Crippen molar-refractivity contribution in [1.29, 1.82) is 0 Å². The first-order valence-electron chi connectivity index (χ1n) is 12.7. The van der Waals surface area contributed by atoms with Gasteiger partial charge in [0.25, 0.3) is 0 Å². The van der Waals surface area contributed by atoms with Crippen LogP contribution in [0.1, 0.15) is 27.5 Å². The molecule has 2 aliphatic rings. The molecule has 10 heteroatoms. The monoisotopic (exact) mass is 573 g/mol. The summed E-state index contributed by atoms with van der Waals surface area (Å²) in [5.74, 6) is -2.99. The highest BCUT2D eigenvalue weighted by atomic mass is 32.2. The zero-order valence-corrected chi connectivity index (χ0v) is 23.2. The van der Waals surface area contributed by atoms with Crippen LogP contribution in [0.3, 0.4) is 0 Å². The van der Waals surface area contributed by atoms with Gasteiger partial charge in [-0.1, -0.05) is 71.1 Å². The van der Waals surface area contributed by atoms with Gasteiger partial charge in [0.1, 0.15) is 17.6 Å². The van der Waals surface area contributed by atoms with Gasteiger partial charge in [-0.25, -0.2) is 9.29 Å². The quantitative estimate of drug-likeness (QED) is 0.336. The van der Waals surface area contributed by atoms with E-state index >= 15 is 0 Å². The van der Waals surface area contributed by atoms with Crippen molar-refractivity contribution in [3.8, 4) is 0 Å². The number of carbonyl (C=O) groups is 3. The van der Waals surface area contributed by atoms with Crippen molar-refractivity contribution >= 4 is 52.2 Å². The van der Waals surface area contributed by atoms with E-state index in [1.165, 1.54) is 21.6 Å². The van der Waals surface area contributed by atoms with Gasteiger partial charge in [-0.3, -0.25) is 23.7 Å². The van der Waals surface area contributed by atoms with E-state index in [1.54, 1.807) is 30.3 Å². The highest BCUT2D eigenvalue weighted by molar-refractivity contribution is 8.00. The summed E-state index contributed by atoms with van der Waals surface area (Å²) in [5.41, 5.74) is 3.63. The number of para-hydroxylation sites is 1. The molecule has 0 saturated carbocycles. The van der Waals surface area contributed by atoms with Crippen molar-refractivity contribution in [2.75, 3.05) is 10.2 Å². The second-order valence-electron chi connectivity index (χ2n) is 9.93. The number of aromatic nitrogens is 1. The molecule has 3 aromatic carbocycles. The number of rotatable bonds is 5. The van der Waals surface area contributed by atoms with Crippen LogP contribution in [-0.4, -0.2) is 27.5 Å². The Labute approximate surface area is 237 Å². The number of thiazole rings is 1. The molecule has 2 aliphatic heterocycles. The minimum atomic E-state index is -0.809. The van der Waals surface area contributed by atoms with Crippen molar-refractivity contribution in [3.63, 3.8) is 0 Å². The highest BCUT2D eigenvalue weighted by Crippen LogP contribution is 2.53. The number of fused-ring (bicyclic) bond motifs is 2. The first kappa shape index (κ1) is 26.2. The van der Waals surface area contributed by atoms with Crippen LogP contribution in [0.25, 0.3) is 0 Å². The molecule has 0 aliphatic carbocycles. The van der Waals surface area contributed by atoms with Crippen LogP contribution in [0.2, 0.25) is 0 Å². The Hall–Kier alpha value is -4.02. The van der Waals surface area contributed by atoms with Crippen molar-refractivity contribution in [3.05, 3.63) is 110 Å². The van der Waals surface area contributed by atoms with Gasteiger partial charge in [-0.05, 0) is 55.3 Å². The Morgan fingerprint density at radius 3 is 2.33 bits per heavy atom. The van der Waals surface area contributed by atoms with E-state index in [0.717, 1.165) is 34.2 Å². The molecule has 3 heterocycles. The number of benzene rings is 3. The average molecular weight is 574 g/mol. The third kappa shape index (κ3) is 4.47. The summed E-state index contributed by atoms with van der Waals surface area (Å²) < 4.78 is 15.2. The Balaban J connectivity index is 1.41. The molecule has 0 radical (unpaired) electrons. The van der Waals surface area contributed by atoms with Crippen molar-refractivity contribution < 1.29 is 18.8 Å². The van der Waals surface area contributed by atoms with Crippen molar-refractivity contribution in [1.82, 2.24) is 4.57 Å². The standard InChI is InChI=1S/C30H24FN3O4S2/c1-16-7-13-20(14-8-16)34-27(36)24-23(18-9-11-19(31)12-10-18)26-29(39-25(24)28(34)37)33(30(38)40-26)15-22(35)32-21-6-4-3-5-17(21)2/h3-14,23-25H,15H2,1-2H3,(H,32,35)/t23-,24?,25?/m1/s1. The van der Waals surface area contributed by atoms with Gasteiger partial charge in [-0.15, -0.1) is 0 Å². The molecule has 0 spiro atoms. The minimum absolute atomic E-state index is 0.247. The third-order valence-electron chi connectivity index (χ3n) is 7.29. The number of hydrogen-bond donors (Lipinski definition) is 1. The molecule has 3 atom stereocenters. The van der Waals surface area contributed by atoms with E-state index in [4.69, 9.17) is 0 Å². The van der Waals surface area contributed by atoms with E-state index in [-0.39, 0.29) is 29.1 Å². The summed E-state index contributed by atoms with van der Waals surface area (Å²) in [6.45, 7) is 3.55. The van der Waals surface area contributed by atoms with E-state index in [2.05, 4.69) is 5.32 Å². The maximum Gasteiger partial charge on any atom is 0.308 e. The summed E-state index contributed by atoms with van der Waals surface area (Å²) >= 11 is 2.11. The molecule has 1 aromatic heterocycles. The van der Waals surface area contributed by atoms with Crippen molar-refractivity contribution in [2.24, 2.45) is 5.92 Å².